The first kappa shape index (κ1) is 12.5. The van der Waals surface area contributed by atoms with Crippen molar-refractivity contribution in [2.24, 2.45) is 11.1 Å². The third-order valence-electron chi connectivity index (χ3n) is 3.49. The number of hydrogen-bond donors (Lipinski definition) is 1. The first-order valence-electron chi connectivity index (χ1n) is 10.2. The molecule has 0 aliphatic heterocycles. The molecule has 0 spiro atoms. The van der Waals surface area contributed by atoms with E-state index in [1.165, 1.54) is 0 Å². The maximum absolute atomic E-state index is 12.7. The van der Waals surface area contributed by atoms with Gasteiger partial charge >= 0.3 is 0 Å². The summed E-state index contributed by atoms with van der Waals surface area (Å²) in [5.41, 5.74) is -0.237. The van der Waals surface area contributed by atoms with Crippen LogP contribution in [0.4, 0.5) is 0 Å². The molecule has 22 heavy (non-hydrogen) atoms. The third kappa shape index (κ3) is 5.67. The van der Waals surface area contributed by atoms with Crippen LogP contribution in [0.25, 0.3) is 0 Å². The van der Waals surface area contributed by atoms with E-state index >= 15 is 0 Å². The van der Waals surface area contributed by atoms with Gasteiger partial charge in [0.1, 0.15) is 12.4 Å². The summed E-state index contributed by atoms with van der Waals surface area (Å²) in [5, 5.41) is 14.6. The van der Waals surface area contributed by atoms with Gasteiger partial charge in [-0.15, -0.1) is 0 Å². The van der Waals surface area contributed by atoms with Crippen LogP contribution in [0, 0.1) is 5.92 Å². The van der Waals surface area contributed by atoms with E-state index in [1.807, 2.05) is 0 Å². The van der Waals surface area contributed by atoms with Crippen LogP contribution in [0.5, 0.6) is 0 Å². The molecule has 0 amide bonds. The molecule has 0 aromatic rings. The number of Topliss-reactive ketones (excluding diaryl/α,β-unsaturated/α-hetero) is 1. The summed E-state index contributed by atoms with van der Waals surface area (Å²) in [6, 6.07) is 0. The number of aliphatic hydroxyl groups excluding tert-OH is 1. The molecule has 1 N–H and O–H groups in total. The normalized spacial score (nSPS) is 25.8. The van der Waals surface area contributed by atoms with Crippen LogP contribution in [0.3, 0.4) is 0 Å². The quantitative estimate of drug-likeness (QED) is 0.499. The van der Waals surface area contributed by atoms with E-state index in [0.29, 0.717) is 5.25 Å². The molecule has 4 nitrogen and oxygen atoms in total. The number of hydrogen-bond acceptors (Lipinski definition) is 5. The fraction of sp³-hybridized carbons (Fsp3) is 0.765. The Labute approximate surface area is 145 Å². The average molecular weight is 333 g/mol. The zero-order chi connectivity index (χ0) is 20.8. The zero-order valence-electron chi connectivity index (χ0n) is 18.5. The second kappa shape index (κ2) is 9.93. The van der Waals surface area contributed by atoms with E-state index in [2.05, 4.69) is 19.0 Å². The van der Waals surface area contributed by atoms with E-state index < -0.39 is 19.6 Å². The van der Waals surface area contributed by atoms with Crippen LogP contribution in [-0.4, -0.2) is 34.2 Å². The first-order chi connectivity index (χ1) is 12.4. The van der Waals surface area contributed by atoms with Crippen molar-refractivity contribution in [2.75, 3.05) is 12.4 Å². The topological polar surface area (TPSA) is 58.9 Å². The monoisotopic (exact) mass is 332 g/mol. The summed E-state index contributed by atoms with van der Waals surface area (Å²) in [7, 11) is 0. The van der Waals surface area contributed by atoms with Gasteiger partial charge in [0.15, 0.2) is 5.78 Å². The van der Waals surface area contributed by atoms with Gasteiger partial charge in [-0.2, -0.15) is 11.8 Å². The van der Waals surface area contributed by atoms with Crippen molar-refractivity contribution in [2.45, 2.75) is 64.9 Å². The molecule has 0 saturated carbocycles. The molecule has 2 unspecified atom stereocenters. The molecule has 0 fully saturated rings. The fourth-order valence-electron chi connectivity index (χ4n) is 2.68. The second-order valence-electron chi connectivity index (χ2n) is 5.33. The molecule has 0 aromatic carbocycles. The van der Waals surface area contributed by atoms with Crippen molar-refractivity contribution in [3.8, 4) is 0 Å². The zero-order valence-corrected chi connectivity index (χ0v) is 14.3. The van der Waals surface area contributed by atoms with Crippen LogP contribution in [-0.2, 0) is 9.63 Å². The number of aliphatic hydroxyl groups is 1. The highest BCUT2D eigenvalue weighted by Crippen LogP contribution is 2.32. The average Bonchev–Trinajstić information content (AvgIpc) is 2.50. The molecule has 126 valence electrons. The summed E-state index contributed by atoms with van der Waals surface area (Å²) < 4.78 is 37.7. The van der Waals surface area contributed by atoms with E-state index in [1.54, 1.807) is 18.7 Å². The van der Waals surface area contributed by atoms with Crippen LogP contribution in [0.2, 0.25) is 0 Å². The first-order valence-corrected chi connectivity index (χ1v) is 8.73. The summed E-state index contributed by atoms with van der Waals surface area (Å²) >= 11 is 1.79. The predicted molar refractivity (Wildman–Crippen MR) is 93.6 cm³/mol. The lowest BCUT2D eigenvalue weighted by atomic mass is 9.82. The van der Waals surface area contributed by atoms with Crippen molar-refractivity contribution in [1.82, 2.24) is 0 Å². The van der Waals surface area contributed by atoms with Gasteiger partial charge in [-0.3, -0.25) is 4.79 Å². The minimum atomic E-state index is -2.89. The highest BCUT2D eigenvalue weighted by atomic mass is 32.2. The van der Waals surface area contributed by atoms with Crippen LogP contribution in [0.1, 0.15) is 66.5 Å². The summed E-state index contributed by atoms with van der Waals surface area (Å²) in [6.45, 7) is 3.11. The largest absolute Gasteiger partial charge is 0.511 e. The number of thioether (sulfide) groups is 1. The Hall–Kier alpha value is -0.970. The van der Waals surface area contributed by atoms with Crippen LogP contribution >= 0.6 is 11.8 Å². The molecular formula is C17H29NO3S. The van der Waals surface area contributed by atoms with E-state index in [0.717, 1.165) is 12.2 Å². The van der Waals surface area contributed by atoms with Gasteiger partial charge in [0.25, 0.3) is 0 Å². The SMILES string of the molecule is [2H]C([2H])([2H])C([2H])([2H])C/C(=N\OCC)C1=C(O)CC(CC(C)SCC)CC1=O. The molecule has 1 rings (SSSR count). The van der Waals surface area contributed by atoms with E-state index in [4.69, 9.17) is 11.7 Å². The predicted octanol–water partition coefficient (Wildman–Crippen LogP) is 4.50. The van der Waals surface area contributed by atoms with Crippen molar-refractivity contribution < 1.29 is 21.6 Å². The molecule has 0 aromatic heterocycles. The molecule has 0 radical (unpaired) electrons. The number of ketones is 1. The number of allylic oxidation sites excluding steroid dienone is 2. The molecule has 1 aliphatic carbocycles. The van der Waals surface area contributed by atoms with Gasteiger partial charge in [-0.05, 0) is 31.4 Å². The lowest BCUT2D eigenvalue weighted by Gasteiger charge is -2.25. The number of carbonyl (C=O) groups is 1. The molecule has 0 heterocycles. The molecule has 0 saturated heterocycles. The Balaban J connectivity index is 3.10. The van der Waals surface area contributed by atoms with Gasteiger partial charge in [0.2, 0.25) is 0 Å². The lowest BCUT2D eigenvalue weighted by Crippen LogP contribution is -2.26. The molecule has 0 bridgehead atoms. The third-order valence-corrected chi connectivity index (χ3v) is 4.58. The van der Waals surface area contributed by atoms with Crippen molar-refractivity contribution in [1.29, 1.82) is 0 Å². The standard InChI is InChI=1S/C17H29NO3S/c1-5-8-14(18-21-6-2)17-15(19)10-13(11-16(17)20)9-12(4)22-7-3/h12-13,19H,5-11H2,1-4H3/b18-14+/i1D3,5D2. The Morgan fingerprint density at radius 1 is 1.59 bits per heavy atom. The van der Waals surface area contributed by atoms with E-state index in [-0.39, 0.29) is 48.2 Å². The number of oxime groups is 1. The minimum Gasteiger partial charge on any atom is -0.511 e. The van der Waals surface area contributed by atoms with Gasteiger partial charge in [0.05, 0.1) is 11.3 Å². The second-order valence-corrected chi connectivity index (χ2v) is 7.05. The highest BCUT2D eigenvalue weighted by molar-refractivity contribution is 7.99. The Morgan fingerprint density at radius 3 is 2.95 bits per heavy atom. The summed E-state index contributed by atoms with van der Waals surface area (Å²) in [6.07, 6.45) is -1.94. The van der Waals surface area contributed by atoms with Crippen molar-refractivity contribution >= 4 is 23.3 Å². The molecule has 5 heteroatoms. The number of nitrogens with zero attached hydrogens (tertiary/aromatic N) is 1. The van der Waals surface area contributed by atoms with E-state index in [9.17, 15) is 9.90 Å². The number of rotatable bonds is 9. The van der Waals surface area contributed by atoms with Gasteiger partial charge in [-0.25, -0.2) is 0 Å². The summed E-state index contributed by atoms with van der Waals surface area (Å²) in [5.74, 6) is 0.467. The van der Waals surface area contributed by atoms with Gasteiger partial charge in [0, 0.05) is 24.9 Å². The van der Waals surface area contributed by atoms with Crippen LogP contribution in [0.15, 0.2) is 16.5 Å². The fourth-order valence-corrected chi connectivity index (χ4v) is 3.66. The number of carbonyl (C=O) groups excluding carboxylic acids is 1. The summed E-state index contributed by atoms with van der Waals surface area (Å²) in [4.78, 5) is 17.6. The lowest BCUT2D eigenvalue weighted by molar-refractivity contribution is -0.116. The maximum Gasteiger partial charge on any atom is 0.168 e. The van der Waals surface area contributed by atoms with Crippen molar-refractivity contribution in [3.05, 3.63) is 11.3 Å². The smallest absolute Gasteiger partial charge is 0.168 e. The molecule has 2 atom stereocenters. The van der Waals surface area contributed by atoms with Crippen LogP contribution < -0.4 is 0 Å². The van der Waals surface area contributed by atoms with Gasteiger partial charge < -0.3 is 9.94 Å². The Kier molecular flexibility index (Phi) is 5.62. The Bertz CT molecular complexity index is 590. The highest BCUT2D eigenvalue weighted by Gasteiger charge is 2.31. The molecule has 1 aliphatic rings. The minimum absolute atomic E-state index is 0.00280. The van der Waals surface area contributed by atoms with Crippen molar-refractivity contribution in [3.63, 3.8) is 0 Å². The molecular weight excluding hydrogens is 298 g/mol. The maximum atomic E-state index is 12.7. The van der Waals surface area contributed by atoms with Gasteiger partial charge in [-0.1, -0.05) is 32.2 Å². The Morgan fingerprint density at radius 2 is 2.36 bits per heavy atom.